The molecule has 2 heterocycles. The lowest BCUT2D eigenvalue weighted by atomic mass is 9.94. The number of aromatic nitrogens is 1. The molecule has 1 N–H and O–H groups in total. The summed E-state index contributed by atoms with van der Waals surface area (Å²) in [6, 6.07) is 3.52. The van der Waals surface area contributed by atoms with Gasteiger partial charge in [-0.25, -0.2) is 0 Å². The number of pyridine rings is 1. The second-order valence-electron chi connectivity index (χ2n) is 6.23. The Morgan fingerprint density at radius 2 is 2.00 bits per heavy atom. The number of carbonyl (C=O) groups excluding carboxylic acids is 2. The summed E-state index contributed by atoms with van der Waals surface area (Å²) in [5.41, 5.74) is 0.592. The van der Waals surface area contributed by atoms with Crippen LogP contribution in [-0.4, -0.2) is 41.3 Å². The number of nitrogens with zero attached hydrogens (tertiary/aromatic N) is 2. The summed E-state index contributed by atoms with van der Waals surface area (Å²) in [5.74, 6) is 0.833. The third-order valence-electron chi connectivity index (χ3n) is 4.74. The molecule has 1 aromatic rings. The molecule has 1 aromatic heterocycles. The number of nitrogens with one attached hydrogen (secondary N) is 1. The molecule has 0 radical (unpaired) electrons. The standard InChI is InChI=1S/C18H27N3O2/c1-3-15(4-2)18(23)21-10-7-14(8-11-21)12-20-17(22)16-6-5-9-19-13-16/h5-6,9,13-15H,3-4,7-8,10-12H2,1-2H3,(H,20,22). The molecule has 0 spiro atoms. The van der Waals surface area contributed by atoms with Crippen molar-refractivity contribution in [3.8, 4) is 0 Å². The lowest BCUT2D eigenvalue weighted by molar-refractivity contribution is -0.137. The summed E-state index contributed by atoms with van der Waals surface area (Å²) < 4.78 is 0. The minimum absolute atomic E-state index is 0.0753. The van der Waals surface area contributed by atoms with Gasteiger partial charge in [-0.15, -0.1) is 0 Å². The molecule has 0 saturated carbocycles. The molecule has 5 nitrogen and oxygen atoms in total. The minimum Gasteiger partial charge on any atom is -0.352 e. The maximum absolute atomic E-state index is 12.4. The van der Waals surface area contributed by atoms with Gasteiger partial charge < -0.3 is 10.2 Å². The second kappa shape index (κ2) is 8.65. The molecule has 0 atom stereocenters. The first-order valence-corrected chi connectivity index (χ1v) is 8.62. The molecule has 2 rings (SSSR count). The quantitative estimate of drug-likeness (QED) is 0.877. The van der Waals surface area contributed by atoms with Gasteiger partial charge in [0.05, 0.1) is 5.56 Å². The third kappa shape index (κ3) is 4.78. The van der Waals surface area contributed by atoms with Crippen LogP contribution in [0.2, 0.25) is 0 Å². The highest BCUT2D eigenvalue weighted by atomic mass is 16.2. The maximum Gasteiger partial charge on any atom is 0.252 e. The van der Waals surface area contributed by atoms with Crippen LogP contribution in [0.3, 0.4) is 0 Å². The lowest BCUT2D eigenvalue weighted by Gasteiger charge is -2.34. The number of hydrogen-bond donors (Lipinski definition) is 1. The average Bonchev–Trinajstić information content (AvgIpc) is 2.61. The van der Waals surface area contributed by atoms with Crippen LogP contribution in [0.15, 0.2) is 24.5 Å². The molecule has 1 fully saturated rings. The van der Waals surface area contributed by atoms with E-state index in [4.69, 9.17) is 0 Å². The van der Waals surface area contributed by atoms with Gasteiger partial charge in [0.2, 0.25) is 5.91 Å². The van der Waals surface area contributed by atoms with Gasteiger partial charge in [-0.05, 0) is 43.7 Å². The summed E-state index contributed by atoms with van der Waals surface area (Å²) in [5, 5.41) is 2.98. The molecule has 0 bridgehead atoms. The maximum atomic E-state index is 12.4. The summed E-state index contributed by atoms with van der Waals surface area (Å²) in [7, 11) is 0. The smallest absolute Gasteiger partial charge is 0.252 e. The van der Waals surface area contributed by atoms with Crippen molar-refractivity contribution in [1.82, 2.24) is 15.2 Å². The Hall–Kier alpha value is -1.91. The average molecular weight is 317 g/mol. The topological polar surface area (TPSA) is 62.3 Å². The highest BCUT2D eigenvalue weighted by Crippen LogP contribution is 2.20. The zero-order chi connectivity index (χ0) is 16.7. The number of rotatable bonds is 6. The van der Waals surface area contributed by atoms with E-state index in [9.17, 15) is 9.59 Å². The van der Waals surface area contributed by atoms with Crippen molar-refractivity contribution in [3.63, 3.8) is 0 Å². The lowest BCUT2D eigenvalue weighted by Crippen LogP contribution is -2.43. The van der Waals surface area contributed by atoms with E-state index in [0.717, 1.165) is 38.8 Å². The van der Waals surface area contributed by atoms with Gasteiger partial charge >= 0.3 is 0 Å². The van der Waals surface area contributed by atoms with Crippen molar-refractivity contribution in [3.05, 3.63) is 30.1 Å². The SMILES string of the molecule is CCC(CC)C(=O)N1CCC(CNC(=O)c2cccnc2)CC1. The van der Waals surface area contributed by atoms with Gasteiger partial charge in [0, 0.05) is 37.9 Å². The fourth-order valence-electron chi connectivity index (χ4n) is 3.09. The van der Waals surface area contributed by atoms with E-state index in [1.165, 1.54) is 0 Å². The number of amides is 2. The highest BCUT2D eigenvalue weighted by Gasteiger charge is 2.26. The first-order valence-electron chi connectivity index (χ1n) is 8.62. The van der Waals surface area contributed by atoms with E-state index in [-0.39, 0.29) is 11.8 Å². The van der Waals surface area contributed by atoms with E-state index in [1.54, 1.807) is 24.5 Å². The Morgan fingerprint density at radius 3 is 2.57 bits per heavy atom. The Bertz CT molecular complexity index is 506. The molecule has 0 aliphatic carbocycles. The number of likely N-dealkylation sites (tertiary alicyclic amines) is 1. The van der Waals surface area contributed by atoms with Crippen molar-refractivity contribution in [2.75, 3.05) is 19.6 Å². The van der Waals surface area contributed by atoms with Crippen LogP contribution >= 0.6 is 0 Å². The molecule has 0 aromatic carbocycles. The van der Waals surface area contributed by atoms with E-state index in [1.807, 2.05) is 4.90 Å². The van der Waals surface area contributed by atoms with Gasteiger partial charge in [-0.3, -0.25) is 14.6 Å². The van der Waals surface area contributed by atoms with Crippen molar-refractivity contribution < 1.29 is 9.59 Å². The molecule has 2 amide bonds. The fourth-order valence-corrected chi connectivity index (χ4v) is 3.09. The Kier molecular flexibility index (Phi) is 6.56. The molecule has 1 aliphatic rings. The largest absolute Gasteiger partial charge is 0.352 e. The van der Waals surface area contributed by atoms with Crippen LogP contribution in [0.4, 0.5) is 0 Å². The first kappa shape index (κ1) is 17.4. The van der Waals surface area contributed by atoms with E-state index < -0.39 is 0 Å². The number of hydrogen-bond acceptors (Lipinski definition) is 3. The normalized spacial score (nSPS) is 15.7. The van der Waals surface area contributed by atoms with E-state index in [2.05, 4.69) is 24.1 Å². The van der Waals surface area contributed by atoms with Crippen LogP contribution in [-0.2, 0) is 4.79 Å². The van der Waals surface area contributed by atoms with Gasteiger partial charge in [0.1, 0.15) is 0 Å². The highest BCUT2D eigenvalue weighted by molar-refractivity contribution is 5.93. The van der Waals surface area contributed by atoms with Gasteiger partial charge in [0.25, 0.3) is 5.91 Å². The van der Waals surface area contributed by atoms with Crippen LogP contribution in [0.1, 0.15) is 49.9 Å². The Labute approximate surface area is 138 Å². The predicted molar refractivity (Wildman–Crippen MR) is 89.9 cm³/mol. The summed E-state index contributed by atoms with van der Waals surface area (Å²) >= 11 is 0. The molecule has 1 saturated heterocycles. The Balaban J connectivity index is 1.75. The van der Waals surface area contributed by atoms with E-state index in [0.29, 0.717) is 23.9 Å². The predicted octanol–water partition coefficient (Wildman–Crippen LogP) is 2.49. The molecule has 1 aliphatic heterocycles. The van der Waals surface area contributed by atoms with E-state index >= 15 is 0 Å². The number of carbonyl (C=O) groups is 2. The van der Waals surface area contributed by atoms with Crippen LogP contribution in [0.5, 0.6) is 0 Å². The molecule has 23 heavy (non-hydrogen) atoms. The first-order chi connectivity index (χ1) is 11.2. The zero-order valence-corrected chi connectivity index (χ0v) is 14.1. The van der Waals surface area contributed by atoms with Crippen molar-refractivity contribution in [2.45, 2.75) is 39.5 Å². The van der Waals surface area contributed by atoms with Gasteiger partial charge in [-0.1, -0.05) is 13.8 Å². The minimum atomic E-state index is -0.0753. The van der Waals surface area contributed by atoms with Crippen LogP contribution < -0.4 is 5.32 Å². The molecular formula is C18H27N3O2. The molecule has 126 valence electrons. The summed E-state index contributed by atoms with van der Waals surface area (Å²) in [6.45, 7) is 6.44. The second-order valence-corrected chi connectivity index (χ2v) is 6.23. The summed E-state index contributed by atoms with van der Waals surface area (Å²) in [6.07, 6.45) is 6.97. The molecule has 0 unspecified atom stereocenters. The van der Waals surface area contributed by atoms with Crippen LogP contribution in [0, 0.1) is 11.8 Å². The van der Waals surface area contributed by atoms with Gasteiger partial charge in [0.15, 0.2) is 0 Å². The monoisotopic (exact) mass is 317 g/mol. The molecule has 5 heteroatoms. The fraction of sp³-hybridized carbons (Fsp3) is 0.611. The van der Waals surface area contributed by atoms with Crippen molar-refractivity contribution in [1.29, 1.82) is 0 Å². The molecular weight excluding hydrogens is 290 g/mol. The number of piperidine rings is 1. The van der Waals surface area contributed by atoms with Gasteiger partial charge in [-0.2, -0.15) is 0 Å². The summed E-state index contributed by atoms with van der Waals surface area (Å²) in [4.78, 5) is 30.3. The van der Waals surface area contributed by atoms with Crippen molar-refractivity contribution >= 4 is 11.8 Å². The Morgan fingerprint density at radius 1 is 1.30 bits per heavy atom. The zero-order valence-electron chi connectivity index (χ0n) is 14.1. The van der Waals surface area contributed by atoms with Crippen LogP contribution in [0.25, 0.3) is 0 Å². The third-order valence-corrected chi connectivity index (χ3v) is 4.74. The van der Waals surface area contributed by atoms with Crippen molar-refractivity contribution in [2.24, 2.45) is 11.8 Å².